The number of nitrogens with zero attached hydrogens (tertiary/aromatic N) is 1. The molecular formula is C11H21NO2SSi. The van der Waals surface area contributed by atoms with Gasteiger partial charge < -0.3 is 10.2 Å². The molecule has 3 nitrogen and oxygen atoms in total. The van der Waals surface area contributed by atoms with Crippen molar-refractivity contribution in [2.75, 3.05) is 6.61 Å². The Hall–Kier alpha value is -0.313. The highest BCUT2D eigenvalue weighted by atomic mass is 32.1. The third kappa shape index (κ3) is 4.68. The van der Waals surface area contributed by atoms with E-state index in [2.05, 4.69) is 25.6 Å². The standard InChI is InChI=1S/C11H21NO2SSi/c1-3-4-5-6-7-11(15,9-12)16(2)10(14)8-13/h13-15H,3-8H2,1-2H3/b16-10-. The second-order valence-corrected chi connectivity index (χ2v) is 7.88. The molecule has 0 aromatic heterocycles. The van der Waals surface area contributed by atoms with Crippen molar-refractivity contribution in [3.8, 4) is 6.07 Å². The molecule has 0 spiro atoms. The summed E-state index contributed by atoms with van der Waals surface area (Å²) in [5.74, 6) is 0. The average molecular weight is 259 g/mol. The largest absolute Gasteiger partial charge is 0.516 e. The van der Waals surface area contributed by atoms with E-state index in [1.54, 1.807) is 0 Å². The van der Waals surface area contributed by atoms with Crippen molar-refractivity contribution in [3.05, 3.63) is 0 Å². The van der Waals surface area contributed by atoms with Crippen molar-refractivity contribution in [2.24, 2.45) is 0 Å². The molecule has 0 aliphatic heterocycles. The molecule has 1 unspecified atom stereocenters. The first kappa shape index (κ1) is 15.7. The topological polar surface area (TPSA) is 64.2 Å². The first-order chi connectivity index (χ1) is 7.51. The fourth-order valence-corrected chi connectivity index (χ4v) is 3.47. The molecule has 5 heteroatoms. The number of rotatable bonds is 7. The van der Waals surface area contributed by atoms with Crippen LogP contribution in [0.3, 0.4) is 0 Å². The van der Waals surface area contributed by atoms with Gasteiger partial charge in [-0.15, -0.1) is 0 Å². The van der Waals surface area contributed by atoms with Crippen LogP contribution in [0.15, 0.2) is 0 Å². The molecule has 0 fully saturated rings. The zero-order valence-electron chi connectivity index (χ0n) is 10.0. The van der Waals surface area contributed by atoms with E-state index in [1.807, 2.05) is 6.55 Å². The molecule has 1 atom stereocenters. The second kappa shape index (κ2) is 7.88. The van der Waals surface area contributed by atoms with E-state index in [1.165, 1.54) is 0 Å². The molecule has 0 radical (unpaired) electrons. The predicted molar refractivity (Wildman–Crippen MR) is 71.7 cm³/mol. The van der Waals surface area contributed by atoms with Gasteiger partial charge in [0, 0.05) is 0 Å². The van der Waals surface area contributed by atoms with E-state index < -0.39 is 12.8 Å². The smallest absolute Gasteiger partial charge is 0.108 e. The third-order valence-corrected chi connectivity index (χ3v) is 6.74. The SMILES string of the molecule is CCCCCCC(S)(C#N)/[Si](C)=C(\O)CO. The van der Waals surface area contributed by atoms with Crippen LogP contribution in [0.2, 0.25) is 6.55 Å². The van der Waals surface area contributed by atoms with Gasteiger partial charge in [-0.1, -0.05) is 39.2 Å². The van der Waals surface area contributed by atoms with Gasteiger partial charge in [0.05, 0.1) is 26.4 Å². The molecule has 0 aromatic rings. The molecule has 0 aromatic carbocycles. The van der Waals surface area contributed by atoms with Crippen LogP contribution in [0.25, 0.3) is 0 Å². The number of unbranched alkanes of at least 4 members (excludes halogenated alkanes) is 3. The third-order valence-electron chi connectivity index (χ3n) is 2.78. The summed E-state index contributed by atoms with van der Waals surface area (Å²) < 4.78 is -0.773. The summed E-state index contributed by atoms with van der Waals surface area (Å²) in [6.07, 6.45) is 5.05. The average Bonchev–Trinajstić information content (AvgIpc) is 2.32. The summed E-state index contributed by atoms with van der Waals surface area (Å²) in [4.78, 5) is 0. The van der Waals surface area contributed by atoms with Crippen LogP contribution in [0.4, 0.5) is 0 Å². The predicted octanol–water partition coefficient (Wildman–Crippen LogP) is 1.89. The Kier molecular flexibility index (Phi) is 7.72. The summed E-state index contributed by atoms with van der Waals surface area (Å²) in [7, 11) is -1.47. The zero-order valence-corrected chi connectivity index (χ0v) is 11.9. The van der Waals surface area contributed by atoms with Gasteiger partial charge in [0.15, 0.2) is 0 Å². The Balaban J connectivity index is 4.50. The van der Waals surface area contributed by atoms with Crippen molar-refractivity contribution in [2.45, 2.75) is 49.9 Å². The highest BCUT2D eigenvalue weighted by Gasteiger charge is 2.30. The van der Waals surface area contributed by atoms with E-state index in [0.717, 1.165) is 25.7 Å². The van der Waals surface area contributed by atoms with Crippen molar-refractivity contribution < 1.29 is 10.2 Å². The van der Waals surface area contributed by atoms with Crippen molar-refractivity contribution in [1.29, 1.82) is 5.26 Å². The fraction of sp³-hybridized carbons (Fsp3) is 0.818. The number of hydrogen-bond acceptors (Lipinski definition) is 4. The number of nitriles is 1. The fourth-order valence-electron chi connectivity index (χ4n) is 1.49. The van der Waals surface area contributed by atoms with Gasteiger partial charge in [-0.3, -0.25) is 0 Å². The number of aliphatic hydroxyl groups is 2. The summed E-state index contributed by atoms with van der Waals surface area (Å²) in [5.41, 5.74) is 0. The second-order valence-electron chi connectivity index (χ2n) is 4.01. The lowest BCUT2D eigenvalue weighted by molar-refractivity contribution is 0.331. The number of aliphatic hydroxyl groups excluding tert-OH is 2. The maximum absolute atomic E-state index is 9.51. The lowest BCUT2D eigenvalue weighted by atomic mass is 10.1. The molecular weight excluding hydrogens is 238 g/mol. The maximum Gasteiger partial charge on any atom is 0.108 e. The van der Waals surface area contributed by atoms with Gasteiger partial charge in [0.25, 0.3) is 0 Å². The molecule has 0 saturated heterocycles. The molecule has 0 aliphatic rings. The van der Waals surface area contributed by atoms with Crippen molar-refractivity contribution >= 4 is 26.4 Å². The lowest BCUT2D eigenvalue weighted by Gasteiger charge is -2.21. The van der Waals surface area contributed by atoms with E-state index in [4.69, 9.17) is 10.4 Å². The molecule has 0 bridgehead atoms. The van der Waals surface area contributed by atoms with Crippen LogP contribution >= 0.6 is 12.6 Å². The van der Waals surface area contributed by atoms with E-state index in [0.29, 0.717) is 6.42 Å². The summed E-state index contributed by atoms with van der Waals surface area (Å²) in [6.45, 7) is 3.61. The molecule has 0 rings (SSSR count). The Labute approximate surface area is 105 Å². The lowest BCUT2D eigenvalue weighted by Crippen LogP contribution is -2.37. The van der Waals surface area contributed by atoms with Gasteiger partial charge in [-0.2, -0.15) is 17.9 Å². The van der Waals surface area contributed by atoms with Crippen LogP contribution < -0.4 is 0 Å². The molecule has 0 amide bonds. The first-order valence-electron chi connectivity index (χ1n) is 5.65. The summed E-state index contributed by atoms with van der Waals surface area (Å²) >= 11 is 4.40. The van der Waals surface area contributed by atoms with E-state index >= 15 is 0 Å². The Morgan fingerprint density at radius 3 is 2.50 bits per heavy atom. The van der Waals surface area contributed by atoms with Gasteiger partial charge in [0.2, 0.25) is 0 Å². The quantitative estimate of drug-likeness (QED) is 0.372. The minimum Gasteiger partial charge on any atom is -0.516 e. The Morgan fingerprint density at radius 2 is 2.06 bits per heavy atom. The first-order valence-corrected chi connectivity index (χ1v) is 8.10. The maximum atomic E-state index is 9.51. The van der Waals surface area contributed by atoms with Crippen molar-refractivity contribution in [3.63, 3.8) is 0 Å². The zero-order chi connectivity index (χ0) is 12.6. The van der Waals surface area contributed by atoms with E-state index in [-0.39, 0.29) is 12.0 Å². The van der Waals surface area contributed by atoms with Crippen molar-refractivity contribution in [1.82, 2.24) is 0 Å². The van der Waals surface area contributed by atoms with Crippen LogP contribution in [0, 0.1) is 11.3 Å². The monoisotopic (exact) mass is 259 g/mol. The molecule has 2 N–H and O–H groups in total. The van der Waals surface area contributed by atoms with Gasteiger partial charge in [-0.05, 0) is 6.42 Å². The molecule has 0 aliphatic carbocycles. The van der Waals surface area contributed by atoms with Crippen LogP contribution in [-0.4, -0.2) is 35.0 Å². The Bertz CT molecular complexity index is 288. The molecule has 0 heterocycles. The minimum absolute atomic E-state index is 0.0389. The highest BCUT2D eigenvalue weighted by Crippen LogP contribution is 2.23. The summed E-state index contributed by atoms with van der Waals surface area (Å²) in [6, 6.07) is 2.19. The molecule has 16 heavy (non-hydrogen) atoms. The number of hydrogen-bond donors (Lipinski definition) is 3. The van der Waals surface area contributed by atoms with Gasteiger partial charge in [0.1, 0.15) is 4.37 Å². The number of thiol groups is 1. The molecule has 0 saturated carbocycles. The molecule has 92 valence electrons. The normalized spacial score (nSPS) is 16.2. The summed E-state index contributed by atoms with van der Waals surface area (Å²) in [5, 5.41) is 27.6. The minimum atomic E-state index is -1.47. The van der Waals surface area contributed by atoms with Crippen LogP contribution in [-0.2, 0) is 0 Å². The Morgan fingerprint density at radius 1 is 1.44 bits per heavy atom. The van der Waals surface area contributed by atoms with E-state index in [9.17, 15) is 5.11 Å². The van der Waals surface area contributed by atoms with Gasteiger partial charge >= 0.3 is 0 Å². The van der Waals surface area contributed by atoms with Gasteiger partial charge in [-0.25, -0.2) is 0 Å². The van der Waals surface area contributed by atoms with Crippen LogP contribution in [0.5, 0.6) is 0 Å². The highest BCUT2D eigenvalue weighted by molar-refractivity contribution is 7.84. The van der Waals surface area contributed by atoms with Crippen LogP contribution in [0.1, 0.15) is 39.0 Å².